The SMILES string of the molecule is Nc1cccc(CCC(=O)Cc2csc3ccccc23)c1. The molecule has 0 radical (unpaired) electrons. The number of carbonyl (C=O) groups is 1. The summed E-state index contributed by atoms with van der Waals surface area (Å²) in [7, 11) is 0. The number of Topliss-reactive ketones (excluding diaryl/α,β-unsaturated/α-hetero) is 1. The van der Waals surface area contributed by atoms with E-state index in [-0.39, 0.29) is 5.78 Å². The van der Waals surface area contributed by atoms with Gasteiger partial charge >= 0.3 is 0 Å². The van der Waals surface area contributed by atoms with Crippen LogP contribution in [-0.4, -0.2) is 5.78 Å². The van der Waals surface area contributed by atoms with E-state index in [0.717, 1.165) is 23.2 Å². The Labute approximate surface area is 128 Å². The summed E-state index contributed by atoms with van der Waals surface area (Å²) in [5.41, 5.74) is 8.78. The molecule has 0 spiro atoms. The summed E-state index contributed by atoms with van der Waals surface area (Å²) in [5.74, 6) is 0.279. The summed E-state index contributed by atoms with van der Waals surface area (Å²) in [6.07, 6.45) is 1.84. The van der Waals surface area contributed by atoms with Crippen molar-refractivity contribution < 1.29 is 4.79 Å². The van der Waals surface area contributed by atoms with Crippen molar-refractivity contribution in [2.75, 3.05) is 5.73 Å². The van der Waals surface area contributed by atoms with E-state index >= 15 is 0 Å². The van der Waals surface area contributed by atoms with E-state index in [2.05, 4.69) is 17.5 Å². The molecule has 0 atom stereocenters. The van der Waals surface area contributed by atoms with Gasteiger partial charge in [0.05, 0.1) is 0 Å². The van der Waals surface area contributed by atoms with E-state index in [0.29, 0.717) is 12.8 Å². The van der Waals surface area contributed by atoms with Crippen molar-refractivity contribution in [1.29, 1.82) is 0 Å². The highest BCUT2D eigenvalue weighted by Crippen LogP contribution is 2.26. The van der Waals surface area contributed by atoms with E-state index in [1.165, 1.54) is 10.1 Å². The Morgan fingerprint density at radius 1 is 1.10 bits per heavy atom. The highest BCUT2D eigenvalue weighted by molar-refractivity contribution is 7.17. The number of hydrogen-bond donors (Lipinski definition) is 1. The molecule has 0 aliphatic carbocycles. The average Bonchev–Trinajstić information content (AvgIpc) is 2.89. The molecule has 0 aliphatic heterocycles. The molecule has 0 saturated carbocycles. The first-order valence-corrected chi connectivity index (χ1v) is 7.91. The molecule has 2 nitrogen and oxygen atoms in total. The predicted octanol–water partition coefficient (Wildman–Crippen LogP) is 4.23. The van der Waals surface area contributed by atoms with Crippen molar-refractivity contribution in [3.05, 3.63) is 65.0 Å². The lowest BCUT2D eigenvalue weighted by Gasteiger charge is -2.03. The number of aryl methyl sites for hydroxylation is 1. The Morgan fingerprint density at radius 2 is 1.95 bits per heavy atom. The second-order valence-corrected chi connectivity index (χ2v) is 6.13. The van der Waals surface area contributed by atoms with Gasteiger partial charge < -0.3 is 5.73 Å². The van der Waals surface area contributed by atoms with Crippen molar-refractivity contribution in [2.24, 2.45) is 0 Å². The first-order valence-electron chi connectivity index (χ1n) is 7.03. The molecule has 1 aromatic heterocycles. The number of anilines is 1. The average molecular weight is 295 g/mol. The van der Waals surface area contributed by atoms with E-state index < -0.39 is 0 Å². The molecule has 0 amide bonds. The van der Waals surface area contributed by atoms with Crippen molar-refractivity contribution in [3.63, 3.8) is 0 Å². The zero-order chi connectivity index (χ0) is 14.7. The third-order valence-corrected chi connectivity index (χ3v) is 4.60. The number of nitrogen functional groups attached to an aromatic ring is 1. The lowest BCUT2D eigenvalue weighted by molar-refractivity contribution is -0.118. The van der Waals surface area contributed by atoms with E-state index in [1.54, 1.807) is 11.3 Å². The Bertz CT molecular complexity index is 775. The summed E-state index contributed by atoms with van der Waals surface area (Å²) >= 11 is 1.70. The van der Waals surface area contributed by atoms with Gasteiger partial charge in [-0.05, 0) is 46.5 Å². The van der Waals surface area contributed by atoms with Crippen LogP contribution >= 0.6 is 11.3 Å². The quantitative estimate of drug-likeness (QED) is 0.716. The first kappa shape index (κ1) is 13.8. The monoisotopic (exact) mass is 295 g/mol. The molecule has 3 aromatic rings. The smallest absolute Gasteiger partial charge is 0.137 e. The maximum Gasteiger partial charge on any atom is 0.137 e. The third kappa shape index (κ3) is 3.31. The summed E-state index contributed by atoms with van der Waals surface area (Å²) < 4.78 is 1.25. The van der Waals surface area contributed by atoms with Gasteiger partial charge in [-0.3, -0.25) is 4.79 Å². The van der Waals surface area contributed by atoms with Gasteiger partial charge in [0.2, 0.25) is 0 Å². The Balaban J connectivity index is 1.64. The second-order valence-electron chi connectivity index (χ2n) is 5.22. The predicted molar refractivity (Wildman–Crippen MR) is 89.7 cm³/mol. The zero-order valence-electron chi connectivity index (χ0n) is 11.7. The third-order valence-electron chi connectivity index (χ3n) is 3.59. The van der Waals surface area contributed by atoms with Crippen LogP contribution in [0.25, 0.3) is 10.1 Å². The van der Waals surface area contributed by atoms with E-state index in [1.807, 2.05) is 36.4 Å². The first-order chi connectivity index (χ1) is 10.2. The molecular weight excluding hydrogens is 278 g/mol. The minimum Gasteiger partial charge on any atom is -0.399 e. The molecule has 0 fully saturated rings. The largest absolute Gasteiger partial charge is 0.399 e. The number of ketones is 1. The minimum atomic E-state index is 0.279. The van der Waals surface area contributed by atoms with Crippen LogP contribution in [0.15, 0.2) is 53.9 Å². The molecule has 3 heteroatoms. The van der Waals surface area contributed by atoms with Gasteiger partial charge in [0.15, 0.2) is 0 Å². The highest BCUT2D eigenvalue weighted by Gasteiger charge is 2.09. The fourth-order valence-corrected chi connectivity index (χ4v) is 3.47. The van der Waals surface area contributed by atoms with Crippen molar-refractivity contribution in [2.45, 2.75) is 19.3 Å². The summed E-state index contributed by atoms with van der Waals surface area (Å²) in [5, 5.41) is 3.31. The molecule has 0 aliphatic rings. The van der Waals surface area contributed by atoms with E-state index in [9.17, 15) is 4.79 Å². The van der Waals surface area contributed by atoms with Gasteiger partial charge in [-0.15, -0.1) is 11.3 Å². The number of fused-ring (bicyclic) bond motifs is 1. The summed E-state index contributed by atoms with van der Waals surface area (Å²) in [6.45, 7) is 0. The van der Waals surface area contributed by atoms with Crippen molar-refractivity contribution >= 4 is 32.9 Å². The molecule has 0 bridgehead atoms. The normalized spacial score (nSPS) is 10.9. The van der Waals surface area contributed by atoms with Gasteiger partial charge in [-0.1, -0.05) is 30.3 Å². The number of thiophene rings is 1. The fraction of sp³-hybridized carbons (Fsp3) is 0.167. The number of nitrogens with two attached hydrogens (primary N) is 1. The van der Waals surface area contributed by atoms with Crippen molar-refractivity contribution in [3.8, 4) is 0 Å². The molecule has 2 aromatic carbocycles. The summed E-state index contributed by atoms with van der Waals surface area (Å²) in [6, 6.07) is 16.0. The number of benzene rings is 2. The van der Waals surface area contributed by atoms with Gasteiger partial charge in [0.25, 0.3) is 0 Å². The zero-order valence-corrected chi connectivity index (χ0v) is 12.5. The topological polar surface area (TPSA) is 43.1 Å². The summed E-state index contributed by atoms with van der Waals surface area (Å²) in [4.78, 5) is 12.2. The van der Waals surface area contributed by atoms with Crippen LogP contribution in [-0.2, 0) is 17.6 Å². The molecule has 106 valence electrons. The molecule has 0 unspecified atom stereocenters. The van der Waals surface area contributed by atoms with Crippen LogP contribution in [0.4, 0.5) is 5.69 Å². The fourth-order valence-electron chi connectivity index (χ4n) is 2.50. The van der Waals surface area contributed by atoms with Crippen LogP contribution in [0.5, 0.6) is 0 Å². The van der Waals surface area contributed by atoms with Gasteiger partial charge in [-0.25, -0.2) is 0 Å². The molecule has 3 rings (SSSR count). The maximum absolute atomic E-state index is 12.2. The maximum atomic E-state index is 12.2. The standard InChI is InChI=1S/C18H17NOS/c19-15-5-3-4-13(10-15)8-9-16(20)11-14-12-21-18-7-2-1-6-17(14)18/h1-7,10,12H,8-9,11,19H2. The van der Waals surface area contributed by atoms with Crippen LogP contribution in [0, 0.1) is 0 Å². The second kappa shape index (κ2) is 6.10. The lowest BCUT2D eigenvalue weighted by Crippen LogP contribution is -2.04. The number of rotatable bonds is 5. The molecule has 21 heavy (non-hydrogen) atoms. The Morgan fingerprint density at radius 3 is 2.81 bits per heavy atom. The minimum absolute atomic E-state index is 0.279. The Hall–Kier alpha value is -2.13. The van der Waals surface area contributed by atoms with Crippen LogP contribution in [0.1, 0.15) is 17.5 Å². The molecule has 0 saturated heterocycles. The van der Waals surface area contributed by atoms with Crippen LogP contribution < -0.4 is 5.73 Å². The Kier molecular flexibility index (Phi) is 4.02. The molecule has 2 N–H and O–H groups in total. The van der Waals surface area contributed by atoms with Gasteiger partial charge in [0.1, 0.15) is 5.78 Å². The van der Waals surface area contributed by atoms with Crippen LogP contribution in [0.3, 0.4) is 0 Å². The number of hydrogen-bond acceptors (Lipinski definition) is 3. The number of carbonyl (C=O) groups excluding carboxylic acids is 1. The lowest BCUT2D eigenvalue weighted by atomic mass is 10.0. The van der Waals surface area contributed by atoms with Gasteiger partial charge in [0, 0.05) is 23.2 Å². The highest BCUT2D eigenvalue weighted by atomic mass is 32.1. The molecular formula is C18H17NOS. The van der Waals surface area contributed by atoms with E-state index in [4.69, 9.17) is 5.73 Å². The van der Waals surface area contributed by atoms with Crippen LogP contribution in [0.2, 0.25) is 0 Å². The van der Waals surface area contributed by atoms with Crippen molar-refractivity contribution in [1.82, 2.24) is 0 Å². The van der Waals surface area contributed by atoms with Gasteiger partial charge in [-0.2, -0.15) is 0 Å². The molecule has 1 heterocycles.